The van der Waals surface area contributed by atoms with Crippen molar-refractivity contribution in [3.8, 4) is 10.7 Å². The highest BCUT2D eigenvalue weighted by molar-refractivity contribution is 7.13. The quantitative estimate of drug-likeness (QED) is 0.672. The number of rotatable bonds is 3. The van der Waals surface area contributed by atoms with Gasteiger partial charge in [-0.2, -0.15) is 4.98 Å². The third-order valence-electron chi connectivity index (χ3n) is 5.53. The molecule has 0 amide bonds. The first-order valence-electron chi connectivity index (χ1n) is 9.75. The summed E-state index contributed by atoms with van der Waals surface area (Å²) >= 11 is 1.62. The molecule has 1 aliphatic carbocycles. The van der Waals surface area contributed by atoms with Crippen molar-refractivity contribution in [1.82, 2.24) is 14.8 Å². The molecule has 1 unspecified atom stereocenters. The van der Waals surface area contributed by atoms with Crippen molar-refractivity contribution in [2.45, 2.75) is 45.1 Å². The molecule has 6 heteroatoms. The van der Waals surface area contributed by atoms with Crippen molar-refractivity contribution in [2.24, 2.45) is 0 Å². The van der Waals surface area contributed by atoms with Gasteiger partial charge in [0.2, 0.25) is 5.95 Å². The van der Waals surface area contributed by atoms with E-state index < -0.39 is 0 Å². The minimum atomic E-state index is -0.221. The van der Waals surface area contributed by atoms with Crippen molar-refractivity contribution >= 4 is 23.1 Å². The molecule has 1 aromatic carbocycles. The molecule has 1 aliphatic heterocycles. The third-order valence-corrected chi connectivity index (χ3v) is 6.39. The van der Waals surface area contributed by atoms with Crippen LogP contribution in [0.1, 0.15) is 56.2 Å². The van der Waals surface area contributed by atoms with Crippen molar-refractivity contribution in [3.05, 3.63) is 64.2 Å². The van der Waals surface area contributed by atoms with Gasteiger partial charge in [-0.3, -0.25) is 4.79 Å². The summed E-state index contributed by atoms with van der Waals surface area (Å²) in [6, 6.07) is 12.4. The van der Waals surface area contributed by atoms with E-state index in [1.807, 2.05) is 22.2 Å². The zero-order valence-electron chi connectivity index (χ0n) is 16.0. The van der Waals surface area contributed by atoms with Crippen LogP contribution in [0.4, 0.5) is 5.95 Å². The van der Waals surface area contributed by atoms with Crippen molar-refractivity contribution in [3.63, 3.8) is 0 Å². The summed E-state index contributed by atoms with van der Waals surface area (Å²) in [6.45, 7) is 4.38. The fourth-order valence-corrected chi connectivity index (χ4v) is 4.69. The molecule has 28 heavy (non-hydrogen) atoms. The van der Waals surface area contributed by atoms with E-state index in [0.717, 1.165) is 40.5 Å². The van der Waals surface area contributed by atoms with Gasteiger partial charge in [0.1, 0.15) is 6.04 Å². The molecule has 0 fully saturated rings. The number of carbonyl (C=O) groups is 1. The molecule has 1 N–H and O–H groups in total. The maximum absolute atomic E-state index is 12.9. The molecular weight excluding hydrogens is 368 g/mol. The molecule has 2 aromatic heterocycles. The van der Waals surface area contributed by atoms with Crippen LogP contribution in [0.15, 0.2) is 53.0 Å². The highest BCUT2D eigenvalue weighted by atomic mass is 32.1. The molecule has 0 radical (unpaired) electrons. The lowest BCUT2D eigenvalue weighted by atomic mass is 9.85. The number of fused-ring (bicyclic) bond motifs is 1. The Morgan fingerprint density at radius 3 is 2.71 bits per heavy atom. The van der Waals surface area contributed by atoms with Crippen LogP contribution in [0, 0.1) is 0 Å². The monoisotopic (exact) mass is 390 g/mol. The van der Waals surface area contributed by atoms with Gasteiger partial charge in [0.15, 0.2) is 11.6 Å². The average Bonchev–Trinajstić information content (AvgIpc) is 3.36. The van der Waals surface area contributed by atoms with Gasteiger partial charge in [0.05, 0.1) is 4.88 Å². The van der Waals surface area contributed by atoms with E-state index in [-0.39, 0.29) is 11.8 Å². The highest BCUT2D eigenvalue weighted by Crippen LogP contribution is 2.41. The van der Waals surface area contributed by atoms with E-state index in [9.17, 15) is 4.79 Å². The Bertz CT molecular complexity index is 1060. The van der Waals surface area contributed by atoms with E-state index in [2.05, 4.69) is 43.4 Å². The zero-order valence-corrected chi connectivity index (χ0v) is 16.8. The summed E-state index contributed by atoms with van der Waals surface area (Å²) in [5.74, 6) is 2.11. The maximum Gasteiger partial charge on any atom is 0.226 e. The van der Waals surface area contributed by atoms with Crippen LogP contribution in [0.3, 0.4) is 0 Å². The number of hydrogen-bond donors (Lipinski definition) is 1. The summed E-state index contributed by atoms with van der Waals surface area (Å²) in [5, 5.41) is 10.2. The predicted octanol–water partition coefficient (Wildman–Crippen LogP) is 5.15. The van der Waals surface area contributed by atoms with Crippen LogP contribution in [0.5, 0.6) is 0 Å². The molecular formula is C22H22N4OS. The summed E-state index contributed by atoms with van der Waals surface area (Å²) in [4.78, 5) is 18.6. The van der Waals surface area contributed by atoms with E-state index in [1.165, 1.54) is 5.56 Å². The number of allylic oxidation sites excluding steroid dienone is 2. The minimum absolute atomic E-state index is 0.213. The Morgan fingerprint density at radius 1 is 1.18 bits per heavy atom. The second-order valence-electron chi connectivity index (χ2n) is 7.70. The number of aromatic nitrogens is 3. The van der Waals surface area contributed by atoms with Crippen LogP contribution in [-0.4, -0.2) is 20.5 Å². The SMILES string of the molecule is CC(C)c1ccc(C2C3=C(CCCC3=O)Nc3nc(-c4cccs4)nn32)cc1. The zero-order chi connectivity index (χ0) is 19.3. The first-order valence-corrected chi connectivity index (χ1v) is 10.6. The fraction of sp³-hybridized carbons (Fsp3) is 0.318. The molecule has 0 saturated carbocycles. The second-order valence-corrected chi connectivity index (χ2v) is 8.65. The molecule has 0 saturated heterocycles. The molecule has 142 valence electrons. The van der Waals surface area contributed by atoms with Gasteiger partial charge in [-0.15, -0.1) is 16.4 Å². The fourth-order valence-electron chi connectivity index (χ4n) is 4.04. The highest BCUT2D eigenvalue weighted by Gasteiger charge is 2.36. The summed E-state index contributed by atoms with van der Waals surface area (Å²) in [7, 11) is 0. The predicted molar refractivity (Wildman–Crippen MR) is 112 cm³/mol. The molecule has 2 aliphatic rings. The molecule has 5 nitrogen and oxygen atoms in total. The number of nitrogens with zero attached hydrogens (tertiary/aromatic N) is 3. The van der Waals surface area contributed by atoms with Crippen LogP contribution < -0.4 is 5.32 Å². The van der Waals surface area contributed by atoms with Gasteiger partial charge in [-0.25, -0.2) is 4.68 Å². The molecule has 3 heterocycles. The number of Topliss-reactive ketones (excluding diaryl/α,β-unsaturated/α-hetero) is 1. The van der Waals surface area contributed by atoms with Crippen LogP contribution >= 0.6 is 11.3 Å². The van der Waals surface area contributed by atoms with Crippen molar-refractivity contribution in [2.75, 3.05) is 5.32 Å². The summed E-state index contributed by atoms with van der Waals surface area (Å²) in [6.07, 6.45) is 2.36. The lowest BCUT2D eigenvalue weighted by Gasteiger charge is -2.32. The Labute approximate surface area is 168 Å². The smallest absolute Gasteiger partial charge is 0.226 e. The Morgan fingerprint density at radius 2 is 2.00 bits per heavy atom. The van der Waals surface area contributed by atoms with E-state index in [1.54, 1.807) is 11.3 Å². The van der Waals surface area contributed by atoms with Gasteiger partial charge in [-0.05, 0) is 41.3 Å². The van der Waals surface area contributed by atoms with E-state index in [4.69, 9.17) is 10.1 Å². The molecule has 0 bridgehead atoms. The van der Waals surface area contributed by atoms with Gasteiger partial charge in [0.25, 0.3) is 0 Å². The topological polar surface area (TPSA) is 59.8 Å². The standard InChI is InChI=1S/C22H22N4OS/c1-13(2)14-8-10-15(11-9-14)20-19-16(5-3-6-17(19)27)23-22-24-21(25-26(20)22)18-7-4-12-28-18/h4,7-13,20H,3,5-6H2,1-2H3,(H,23,24,25). The number of anilines is 1. The van der Waals surface area contributed by atoms with Gasteiger partial charge < -0.3 is 5.32 Å². The van der Waals surface area contributed by atoms with Crippen LogP contribution in [0.2, 0.25) is 0 Å². The normalized spacial score (nSPS) is 18.8. The number of nitrogens with one attached hydrogen (secondary N) is 1. The molecule has 3 aromatic rings. The Balaban J connectivity index is 1.65. The summed E-state index contributed by atoms with van der Waals surface area (Å²) < 4.78 is 1.89. The van der Waals surface area contributed by atoms with Crippen molar-refractivity contribution in [1.29, 1.82) is 0 Å². The lowest BCUT2D eigenvalue weighted by molar-refractivity contribution is -0.116. The van der Waals surface area contributed by atoms with E-state index in [0.29, 0.717) is 18.2 Å². The second kappa shape index (κ2) is 6.71. The average molecular weight is 391 g/mol. The summed E-state index contributed by atoms with van der Waals surface area (Å²) in [5.41, 5.74) is 4.22. The molecule has 1 atom stereocenters. The Kier molecular flexibility index (Phi) is 4.16. The van der Waals surface area contributed by atoms with Crippen LogP contribution in [0.25, 0.3) is 10.7 Å². The number of ketones is 1. The lowest BCUT2D eigenvalue weighted by Crippen LogP contribution is -2.31. The largest absolute Gasteiger partial charge is 0.328 e. The number of carbonyl (C=O) groups excluding carboxylic acids is 1. The van der Waals surface area contributed by atoms with Crippen LogP contribution in [-0.2, 0) is 4.79 Å². The number of thiophene rings is 1. The molecule has 5 rings (SSSR count). The van der Waals surface area contributed by atoms with E-state index >= 15 is 0 Å². The number of benzene rings is 1. The van der Waals surface area contributed by atoms with Gasteiger partial charge in [-0.1, -0.05) is 44.2 Å². The Hall–Kier alpha value is -2.73. The molecule has 0 spiro atoms. The first-order chi connectivity index (χ1) is 13.6. The minimum Gasteiger partial charge on any atom is -0.328 e. The maximum atomic E-state index is 12.9. The van der Waals surface area contributed by atoms with Gasteiger partial charge in [0, 0.05) is 17.7 Å². The van der Waals surface area contributed by atoms with Crippen molar-refractivity contribution < 1.29 is 4.79 Å². The first kappa shape index (κ1) is 17.4. The number of hydrogen-bond acceptors (Lipinski definition) is 5. The van der Waals surface area contributed by atoms with Gasteiger partial charge >= 0.3 is 0 Å². The third kappa shape index (κ3) is 2.79.